The number of aryl methyl sites for hydroxylation is 4. The molecule has 0 aliphatic carbocycles. The summed E-state index contributed by atoms with van der Waals surface area (Å²) < 4.78 is 47.4. The van der Waals surface area contributed by atoms with Crippen molar-refractivity contribution in [3.05, 3.63) is 46.6 Å². The fourth-order valence-corrected chi connectivity index (χ4v) is 3.18. The molecular formula is C20H21F3N4O2. The minimum Gasteiger partial charge on any atom is -0.464 e. The molecule has 0 spiro atoms. The summed E-state index contributed by atoms with van der Waals surface area (Å²) in [5, 5.41) is 6.70. The molecule has 1 amide bonds. The molecule has 1 unspecified atom stereocenters. The molecule has 0 radical (unpaired) electrons. The zero-order valence-corrected chi connectivity index (χ0v) is 16.7. The number of benzene rings is 1. The van der Waals surface area contributed by atoms with Gasteiger partial charge in [0.1, 0.15) is 0 Å². The van der Waals surface area contributed by atoms with E-state index in [1.165, 1.54) is 25.6 Å². The van der Waals surface area contributed by atoms with E-state index in [2.05, 4.69) is 15.4 Å². The van der Waals surface area contributed by atoms with Gasteiger partial charge in [-0.1, -0.05) is 18.2 Å². The standard InChI is InChI=1S/C20H21F3N4O2/c1-10-7-6-8-11(2)17(10)25-19(28)13(4)29-15-9-14(20(21,22)23)16-12(3)26-27(5)18(16)24-15/h6-9,13H,1-5H3,(H,25,28). The highest BCUT2D eigenvalue weighted by Gasteiger charge is 2.36. The van der Waals surface area contributed by atoms with E-state index in [0.29, 0.717) is 5.69 Å². The molecule has 0 bridgehead atoms. The lowest BCUT2D eigenvalue weighted by molar-refractivity contribution is -0.136. The molecule has 0 fully saturated rings. The second-order valence-corrected chi connectivity index (χ2v) is 6.93. The Morgan fingerprint density at radius 1 is 1.21 bits per heavy atom. The molecule has 1 N–H and O–H groups in total. The smallest absolute Gasteiger partial charge is 0.417 e. The summed E-state index contributed by atoms with van der Waals surface area (Å²) in [6, 6.07) is 6.38. The van der Waals surface area contributed by atoms with Gasteiger partial charge in [0.15, 0.2) is 11.8 Å². The Morgan fingerprint density at radius 2 is 1.83 bits per heavy atom. The first-order valence-corrected chi connectivity index (χ1v) is 8.94. The van der Waals surface area contributed by atoms with Crippen LogP contribution in [0, 0.1) is 20.8 Å². The van der Waals surface area contributed by atoms with Gasteiger partial charge >= 0.3 is 6.18 Å². The normalized spacial score (nSPS) is 12.8. The molecule has 3 rings (SSSR count). The number of anilines is 1. The van der Waals surface area contributed by atoms with E-state index >= 15 is 0 Å². The predicted octanol–water partition coefficient (Wildman–Crippen LogP) is 4.32. The summed E-state index contributed by atoms with van der Waals surface area (Å²) >= 11 is 0. The number of fused-ring (bicyclic) bond motifs is 1. The van der Waals surface area contributed by atoms with Crippen LogP contribution in [0.1, 0.15) is 29.3 Å². The average molecular weight is 406 g/mol. The number of carbonyl (C=O) groups excluding carboxylic acids is 1. The number of para-hydroxylation sites is 1. The van der Waals surface area contributed by atoms with Crippen LogP contribution in [0.4, 0.5) is 18.9 Å². The minimum absolute atomic E-state index is 0.0367. The van der Waals surface area contributed by atoms with Crippen LogP contribution in [0.2, 0.25) is 0 Å². The Labute approximate surface area is 165 Å². The second kappa shape index (κ2) is 7.38. The molecule has 9 heteroatoms. The molecule has 29 heavy (non-hydrogen) atoms. The SMILES string of the molecule is Cc1cccc(C)c1NC(=O)C(C)Oc1cc(C(F)(F)F)c2c(C)nn(C)c2n1. The lowest BCUT2D eigenvalue weighted by atomic mass is 10.1. The number of hydrogen-bond acceptors (Lipinski definition) is 4. The van der Waals surface area contributed by atoms with Gasteiger partial charge in [0.2, 0.25) is 5.88 Å². The van der Waals surface area contributed by atoms with E-state index in [9.17, 15) is 18.0 Å². The highest BCUT2D eigenvalue weighted by atomic mass is 19.4. The van der Waals surface area contributed by atoms with Gasteiger partial charge in [-0.3, -0.25) is 9.48 Å². The van der Waals surface area contributed by atoms with Gasteiger partial charge in [0.25, 0.3) is 5.91 Å². The van der Waals surface area contributed by atoms with Gasteiger partial charge in [0.05, 0.1) is 16.6 Å². The van der Waals surface area contributed by atoms with Gasteiger partial charge in [-0.25, -0.2) is 0 Å². The Hall–Kier alpha value is -3.10. The average Bonchev–Trinajstić information content (AvgIpc) is 2.90. The Morgan fingerprint density at radius 3 is 2.41 bits per heavy atom. The van der Waals surface area contributed by atoms with Gasteiger partial charge in [-0.05, 0) is 38.8 Å². The van der Waals surface area contributed by atoms with Gasteiger partial charge in [-0.2, -0.15) is 23.3 Å². The van der Waals surface area contributed by atoms with Crippen LogP contribution >= 0.6 is 0 Å². The van der Waals surface area contributed by atoms with E-state index in [1.54, 1.807) is 0 Å². The molecule has 0 aliphatic rings. The summed E-state index contributed by atoms with van der Waals surface area (Å²) in [4.78, 5) is 16.7. The second-order valence-electron chi connectivity index (χ2n) is 6.93. The fraction of sp³-hybridized carbons (Fsp3) is 0.350. The van der Waals surface area contributed by atoms with Crippen molar-refractivity contribution in [3.63, 3.8) is 0 Å². The number of alkyl halides is 3. The summed E-state index contributed by atoms with van der Waals surface area (Å²) in [5.41, 5.74) is 1.74. The maximum absolute atomic E-state index is 13.6. The maximum atomic E-state index is 13.6. The third-order valence-electron chi connectivity index (χ3n) is 4.65. The van der Waals surface area contributed by atoms with E-state index < -0.39 is 23.8 Å². The van der Waals surface area contributed by atoms with Crippen molar-refractivity contribution in [3.8, 4) is 5.88 Å². The minimum atomic E-state index is -4.61. The largest absolute Gasteiger partial charge is 0.464 e. The number of halogens is 3. The first kappa shape index (κ1) is 20.6. The van der Waals surface area contributed by atoms with Crippen molar-refractivity contribution in [2.45, 2.75) is 40.0 Å². The Bertz CT molecular complexity index is 1070. The zero-order chi connectivity index (χ0) is 21.5. The molecule has 0 aliphatic heterocycles. The van der Waals surface area contributed by atoms with Crippen molar-refractivity contribution in [2.75, 3.05) is 5.32 Å². The molecule has 154 valence electrons. The summed E-state index contributed by atoms with van der Waals surface area (Å²) in [6.45, 7) is 6.64. The third-order valence-corrected chi connectivity index (χ3v) is 4.65. The quantitative estimate of drug-likeness (QED) is 0.701. The molecule has 3 aromatic rings. The first-order valence-electron chi connectivity index (χ1n) is 8.94. The van der Waals surface area contributed by atoms with Crippen LogP contribution in [0.15, 0.2) is 24.3 Å². The Kier molecular flexibility index (Phi) is 5.25. The molecule has 0 saturated heterocycles. The number of nitrogens with one attached hydrogen (secondary N) is 1. The number of carbonyl (C=O) groups is 1. The monoisotopic (exact) mass is 406 g/mol. The Balaban J connectivity index is 1.91. The predicted molar refractivity (Wildman–Crippen MR) is 103 cm³/mol. The third kappa shape index (κ3) is 4.03. The zero-order valence-electron chi connectivity index (χ0n) is 16.7. The van der Waals surface area contributed by atoms with Gasteiger partial charge in [-0.15, -0.1) is 0 Å². The van der Waals surface area contributed by atoms with Crippen molar-refractivity contribution in [1.82, 2.24) is 14.8 Å². The number of pyridine rings is 1. The van der Waals surface area contributed by atoms with Gasteiger partial charge < -0.3 is 10.1 Å². The number of nitrogens with zero attached hydrogens (tertiary/aromatic N) is 3. The van der Waals surface area contributed by atoms with Crippen molar-refractivity contribution in [1.29, 1.82) is 0 Å². The van der Waals surface area contributed by atoms with E-state index in [0.717, 1.165) is 17.2 Å². The van der Waals surface area contributed by atoms with Crippen LogP contribution in [-0.4, -0.2) is 26.8 Å². The number of aromatic nitrogens is 3. The summed E-state index contributed by atoms with van der Waals surface area (Å²) in [7, 11) is 1.50. The lowest BCUT2D eigenvalue weighted by Gasteiger charge is -2.17. The number of amides is 1. The molecule has 1 atom stereocenters. The summed E-state index contributed by atoms with van der Waals surface area (Å²) in [6.07, 6.45) is -5.68. The topological polar surface area (TPSA) is 69.0 Å². The van der Waals surface area contributed by atoms with Crippen molar-refractivity contribution < 1.29 is 22.7 Å². The number of hydrogen-bond donors (Lipinski definition) is 1. The van der Waals surface area contributed by atoms with Crippen LogP contribution in [0.5, 0.6) is 5.88 Å². The molecule has 1 aromatic carbocycles. The molecule has 6 nitrogen and oxygen atoms in total. The first-order chi connectivity index (χ1) is 13.5. The van der Waals surface area contributed by atoms with Crippen LogP contribution < -0.4 is 10.1 Å². The van der Waals surface area contributed by atoms with Crippen LogP contribution in [-0.2, 0) is 18.0 Å². The van der Waals surface area contributed by atoms with E-state index in [4.69, 9.17) is 4.74 Å². The molecule has 2 heterocycles. The number of rotatable bonds is 4. The highest BCUT2D eigenvalue weighted by Crippen LogP contribution is 2.37. The fourth-order valence-electron chi connectivity index (χ4n) is 3.18. The van der Waals surface area contributed by atoms with E-state index in [1.807, 2.05) is 32.0 Å². The maximum Gasteiger partial charge on any atom is 0.417 e. The van der Waals surface area contributed by atoms with Crippen LogP contribution in [0.25, 0.3) is 11.0 Å². The van der Waals surface area contributed by atoms with Crippen molar-refractivity contribution >= 4 is 22.6 Å². The van der Waals surface area contributed by atoms with E-state index in [-0.39, 0.29) is 22.6 Å². The van der Waals surface area contributed by atoms with Crippen LogP contribution in [0.3, 0.4) is 0 Å². The lowest BCUT2D eigenvalue weighted by Crippen LogP contribution is -2.31. The molecular weight excluding hydrogens is 385 g/mol. The van der Waals surface area contributed by atoms with Gasteiger partial charge in [0, 0.05) is 18.8 Å². The summed E-state index contributed by atoms with van der Waals surface area (Å²) in [5.74, 6) is -0.781. The molecule has 2 aromatic heterocycles. The molecule has 0 saturated carbocycles. The van der Waals surface area contributed by atoms with Crippen molar-refractivity contribution in [2.24, 2.45) is 7.05 Å². The highest BCUT2D eigenvalue weighted by molar-refractivity contribution is 5.95. The number of ether oxygens (including phenoxy) is 1.